The second-order valence-electron chi connectivity index (χ2n) is 15.2. The van der Waals surface area contributed by atoms with Gasteiger partial charge in [0.25, 0.3) is 0 Å². The lowest BCUT2D eigenvalue weighted by molar-refractivity contribution is -0.227. The van der Waals surface area contributed by atoms with Crippen LogP contribution in [0.1, 0.15) is 99.8 Å². The highest BCUT2D eigenvalue weighted by Crippen LogP contribution is 2.77. The van der Waals surface area contributed by atoms with Crippen molar-refractivity contribution < 1.29 is 14.6 Å². The SMILES string of the molecule is CC1(C)C(=O)C(O)=C[C@@]2(C)C1CC[C@]1(C)[C@@H]2CC[C@@H]2[C@H]3[C@H]4OC[C@@]3(CCC4(C)C)CC[C@]21C. The first kappa shape index (κ1) is 22.6. The normalized spacial score (nSPS) is 56.2. The van der Waals surface area contributed by atoms with Crippen molar-refractivity contribution in [3.8, 4) is 0 Å². The van der Waals surface area contributed by atoms with Crippen LogP contribution in [-0.4, -0.2) is 23.6 Å². The van der Waals surface area contributed by atoms with Gasteiger partial charge in [-0.2, -0.15) is 0 Å². The number of rotatable bonds is 0. The average Bonchev–Trinajstić information content (AvgIpc) is 3.06. The molecule has 33 heavy (non-hydrogen) atoms. The summed E-state index contributed by atoms with van der Waals surface area (Å²) in [4.78, 5) is 12.9. The molecular formula is C30H46O3. The first-order chi connectivity index (χ1) is 15.2. The van der Waals surface area contributed by atoms with Crippen LogP contribution in [0.25, 0.3) is 0 Å². The van der Waals surface area contributed by atoms with E-state index in [1.807, 2.05) is 6.08 Å². The third-order valence-electron chi connectivity index (χ3n) is 13.4. The zero-order valence-electron chi connectivity index (χ0n) is 22.1. The largest absolute Gasteiger partial charge is 0.505 e. The molecule has 1 N–H and O–H groups in total. The number of hydrogen-bond donors (Lipinski definition) is 1. The van der Waals surface area contributed by atoms with Crippen molar-refractivity contribution in [3.05, 3.63) is 11.8 Å². The van der Waals surface area contributed by atoms with E-state index >= 15 is 0 Å². The van der Waals surface area contributed by atoms with Crippen LogP contribution >= 0.6 is 0 Å². The maximum absolute atomic E-state index is 12.9. The summed E-state index contributed by atoms with van der Waals surface area (Å²) in [6.07, 6.45) is 12.5. The number of aliphatic hydroxyl groups excluding tert-OH is 1. The number of carbonyl (C=O) groups excluding carboxylic acids is 1. The molecule has 6 aliphatic rings. The Labute approximate surface area is 201 Å². The van der Waals surface area contributed by atoms with E-state index in [0.717, 1.165) is 18.9 Å². The molecule has 0 aromatic heterocycles. The average molecular weight is 455 g/mol. The fraction of sp³-hybridized carbons (Fsp3) is 0.900. The summed E-state index contributed by atoms with van der Waals surface area (Å²) in [6, 6.07) is 0. The Balaban J connectivity index is 1.43. The summed E-state index contributed by atoms with van der Waals surface area (Å²) in [5.74, 6) is 2.25. The summed E-state index contributed by atoms with van der Waals surface area (Å²) >= 11 is 0. The molecule has 184 valence electrons. The van der Waals surface area contributed by atoms with Gasteiger partial charge in [-0.05, 0) is 108 Å². The summed E-state index contributed by atoms with van der Waals surface area (Å²) in [5, 5.41) is 10.8. The number of aliphatic hydroxyl groups is 1. The van der Waals surface area contributed by atoms with Crippen LogP contribution in [0.2, 0.25) is 0 Å². The van der Waals surface area contributed by atoms with Crippen LogP contribution in [0, 0.1) is 56.2 Å². The maximum Gasteiger partial charge on any atom is 0.202 e. The Morgan fingerprint density at radius 1 is 0.848 bits per heavy atom. The van der Waals surface area contributed by atoms with Gasteiger partial charge >= 0.3 is 0 Å². The molecule has 4 saturated carbocycles. The fourth-order valence-corrected chi connectivity index (χ4v) is 11.4. The van der Waals surface area contributed by atoms with E-state index in [2.05, 4.69) is 48.5 Å². The van der Waals surface area contributed by atoms with E-state index in [1.54, 1.807) is 0 Å². The van der Waals surface area contributed by atoms with Gasteiger partial charge in [-0.1, -0.05) is 48.5 Å². The summed E-state index contributed by atoms with van der Waals surface area (Å²) in [5.41, 5.74) is 0.644. The fourth-order valence-electron chi connectivity index (χ4n) is 11.4. The molecule has 0 aromatic rings. The smallest absolute Gasteiger partial charge is 0.202 e. The molecule has 2 bridgehead atoms. The van der Waals surface area contributed by atoms with Crippen molar-refractivity contribution in [1.82, 2.24) is 0 Å². The number of Topliss-reactive ketones (excluding diaryl/α,β-unsaturated/α-hetero) is 1. The van der Waals surface area contributed by atoms with Gasteiger partial charge in [-0.25, -0.2) is 0 Å². The molecule has 3 heteroatoms. The molecule has 3 nitrogen and oxygen atoms in total. The Morgan fingerprint density at radius 2 is 1.55 bits per heavy atom. The number of hydrogen-bond acceptors (Lipinski definition) is 3. The number of fused-ring (bicyclic) bond motifs is 5. The second kappa shape index (κ2) is 6.29. The van der Waals surface area contributed by atoms with E-state index in [0.29, 0.717) is 34.7 Å². The van der Waals surface area contributed by atoms with Gasteiger partial charge in [0, 0.05) is 5.41 Å². The van der Waals surface area contributed by atoms with Gasteiger partial charge in [0.2, 0.25) is 5.78 Å². The predicted octanol–water partition coefficient (Wildman–Crippen LogP) is 7.11. The van der Waals surface area contributed by atoms with Gasteiger partial charge in [0.1, 0.15) is 0 Å². The minimum Gasteiger partial charge on any atom is -0.505 e. The number of allylic oxidation sites excluding steroid dienone is 2. The molecule has 5 fully saturated rings. The number of carbonyl (C=O) groups is 1. The molecule has 0 spiro atoms. The maximum atomic E-state index is 12.9. The lowest BCUT2D eigenvalue weighted by Crippen LogP contribution is -2.67. The van der Waals surface area contributed by atoms with E-state index < -0.39 is 5.41 Å². The molecule has 5 aliphatic carbocycles. The summed E-state index contributed by atoms with van der Waals surface area (Å²) in [7, 11) is 0. The molecule has 9 atom stereocenters. The molecular weight excluding hydrogens is 408 g/mol. The summed E-state index contributed by atoms with van der Waals surface area (Å²) in [6.45, 7) is 17.7. The van der Waals surface area contributed by atoms with Gasteiger partial charge in [0.05, 0.1) is 12.7 Å². The highest BCUT2D eigenvalue weighted by molar-refractivity contribution is 5.98. The first-order valence-electron chi connectivity index (χ1n) is 13.8. The van der Waals surface area contributed by atoms with Crippen molar-refractivity contribution in [2.24, 2.45) is 56.2 Å². The topological polar surface area (TPSA) is 46.5 Å². The number of ether oxygens (including phenoxy) is 1. The second-order valence-corrected chi connectivity index (χ2v) is 15.2. The molecule has 0 aromatic carbocycles. The Morgan fingerprint density at radius 3 is 2.27 bits per heavy atom. The van der Waals surface area contributed by atoms with E-state index in [-0.39, 0.29) is 27.8 Å². The van der Waals surface area contributed by atoms with Crippen LogP contribution < -0.4 is 0 Å². The van der Waals surface area contributed by atoms with Crippen molar-refractivity contribution in [1.29, 1.82) is 0 Å². The van der Waals surface area contributed by atoms with Gasteiger partial charge in [-0.15, -0.1) is 0 Å². The predicted molar refractivity (Wildman–Crippen MR) is 131 cm³/mol. The highest BCUT2D eigenvalue weighted by atomic mass is 16.5. The van der Waals surface area contributed by atoms with Crippen LogP contribution in [0.5, 0.6) is 0 Å². The van der Waals surface area contributed by atoms with Gasteiger partial charge < -0.3 is 9.84 Å². The number of ketones is 1. The monoisotopic (exact) mass is 454 g/mol. The summed E-state index contributed by atoms with van der Waals surface area (Å²) < 4.78 is 6.67. The van der Waals surface area contributed by atoms with Crippen LogP contribution in [0.3, 0.4) is 0 Å². The molecule has 0 amide bonds. The Kier molecular flexibility index (Phi) is 4.31. The van der Waals surface area contributed by atoms with Crippen LogP contribution in [-0.2, 0) is 9.53 Å². The molecule has 1 saturated heterocycles. The molecule has 1 unspecified atom stereocenters. The molecule has 1 heterocycles. The highest BCUT2D eigenvalue weighted by Gasteiger charge is 2.72. The van der Waals surface area contributed by atoms with E-state index in [9.17, 15) is 9.90 Å². The van der Waals surface area contributed by atoms with E-state index in [1.165, 1.54) is 44.9 Å². The third kappa shape index (κ3) is 2.44. The minimum absolute atomic E-state index is 0.0262. The standard InChI is InChI=1S/C30H46O3/c1-25(2)12-14-30-15-13-28(6)18(22(30)24(25)33-17-30)8-9-21-27(5)16-19(31)23(32)26(3,4)20(27)10-11-29(21,28)7/h16,18,20-22,24,31H,8-15,17H2,1-7H3/t18-,20?,21-,22+,24-,27+,28-,29-,30-/m1/s1. The molecule has 0 radical (unpaired) electrons. The van der Waals surface area contributed by atoms with Gasteiger partial charge in [0.15, 0.2) is 5.76 Å². The lowest BCUT2D eigenvalue weighted by Gasteiger charge is -2.72. The first-order valence-corrected chi connectivity index (χ1v) is 13.8. The lowest BCUT2D eigenvalue weighted by atomic mass is 9.32. The minimum atomic E-state index is -0.483. The van der Waals surface area contributed by atoms with Crippen molar-refractivity contribution in [2.75, 3.05) is 6.61 Å². The zero-order chi connectivity index (χ0) is 23.8. The van der Waals surface area contributed by atoms with Gasteiger partial charge in [-0.3, -0.25) is 4.79 Å². The van der Waals surface area contributed by atoms with Crippen LogP contribution in [0.4, 0.5) is 0 Å². The third-order valence-corrected chi connectivity index (χ3v) is 13.4. The van der Waals surface area contributed by atoms with Crippen molar-refractivity contribution in [2.45, 2.75) is 106 Å². The van der Waals surface area contributed by atoms with Crippen LogP contribution in [0.15, 0.2) is 11.8 Å². The quantitative estimate of drug-likeness (QED) is 0.424. The van der Waals surface area contributed by atoms with Crippen molar-refractivity contribution in [3.63, 3.8) is 0 Å². The van der Waals surface area contributed by atoms with Crippen molar-refractivity contribution >= 4 is 5.78 Å². The zero-order valence-corrected chi connectivity index (χ0v) is 22.1. The van der Waals surface area contributed by atoms with E-state index in [4.69, 9.17) is 4.74 Å². The Bertz CT molecular complexity index is 931. The molecule has 6 rings (SSSR count). The molecule has 1 aliphatic heterocycles. The Hall–Kier alpha value is -0.830.